The van der Waals surface area contributed by atoms with Crippen LogP contribution in [0.1, 0.15) is 12.5 Å². The number of amides is 1. The number of carbonyl (C=O) groups is 1. The third kappa shape index (κ3) is 5.01. The molecule has 4 nitrogen and oxygen atoms in total. The van der Waals surface area contributed by atoms with Crippen LogP contribution in [-0.4, -0.2) is 32.8 Å². The maximum Gasteiger partial charge on any atom is 0.244 e. The van der Waals surface area contributed by atoms with E-state index < -0.39 is 0 Å². The molecule has 1 rings (SSSR count). The van der Waals surface area contributed by atoms with Gasteiger partial charge in [0.1, 0.15) is 5.75 Å². The Hall–Kier alpha value is -1.81. The van der Waals surface area contributed by atoms with E-state index in [-0.39, 0.29) is 11.9 Å². The first-order chi connectivity index (χ1) is 8.65. The monoisotopic (exact) mass is 249 g/mol. The maximum absolute atomic E-state index is 11.5. The predicted molar refractivity (Wildman–Crippen MR) is 71.5 cm³/mol. The van der Waals surface area contributed by atoms with Crippen LogP contribution in [0.3, 0.4) is 0 Å². The molecule has 0 fully saturated rings. The lowest BCUT2D eigenvalue weighted by Gasteiger charge is -2.10. The van der Waals surface area contributed by atoms with E-state index >= 15 is 0 Å². The van der Waals surface area contributed by atoms with Gasteiger partial charge in [-0.3, -0.25) is 4.79 Å². The highest BCUT2D eigenvalue weighted by Gasteiger charge is 2.03. The molecule has 1 N–H and O–H groups in total. The van der Waals surface area contributed by atoms with E-state index in [2.05, 4.69) is 5.32 Å². The van der Waals surface area contributed by atoms with Gasteiger partial charge in [-0.15, -0.1) is 0 Å². The van der Waals surface area contributed by atoms with Crippen LogP contribution in [0, 0.1) is 0 Å². The van der Waals surface area contributed by atoms with E-state index in [0.717, 1.165) is 11.3 Å². The molecule has 0 unspecified atom stereocenters. The topological polar surface area (TPSA) is 47.6 Å². The van der Waals surface area contributed by atoms with Gasteiger partial charge in [0, 0.05) is 19.2 Å². The van der Waals surface area contributed by atoms with Crippen molar-refractivity contribution in [2.24, 2.45) is 0 Å². The van der Waals surface area contributed by atoms with Gasteiger partial charge in [-0.25, -0.2) is 0 Å². The van der Waals surface area contributed by atoms with Crippen molar-refractivity contribution in [2.45, 2.75) is 13.0 Å². The lowest BCUT2D eigenvalue weighted by molar-refractivity contribution is -0.117. The van der Waals surface area contributed by atoms with E-state index in [0.29, 0.717) is 6.61 Å². The highest BCUT2D eigenvalue weighted by atomic mass is 16.5. The van der Waals surface area contributed by atoms with Gasteiger partial charge in [0.2, 0.25) is 5.91 Å². The molecule has 1 aromatic carbocycles. The zero-order valence-electron chi connectivity index (χ0n) is 11.0. The highest BCUT2D eigenvalue weighted by molar-refractivity contribution is 5.91. The van der Waals surface area contributed by atoms with Crippen molar-refractivity contribution < 1.29 is 14.3 Å². The minimum absolute atomic E-state index is 0.00279. The van der Waals surface area contributed by atoms with Crippen molar-refractivity contribution >= 4 is 12.0 Å². The Morgan fingerprint density at radius 2 is 2.00 bits per heavy atom. The first-order valence-corrected chi connectivity index (χ1v) is 5.77. The number of nitrogens with one attached hydrogen (secondary N) is 1. The zero-order chi connectivity index (χ0) is 13.4. The number of carbonyl (C=O) groups excluding carboxylic acids is 1. The number of methoxy groups -OCH3 is 2. The lowest BCUT2D eigenvalue weighted by Crippen LogP contribution is -2.34. The van der Waals surface area contributed by atoms with Crippen LogP contribution in [0.5, 0.6) is 5.75 Å². The molecule has 0 saturated carbocycles. The molecule has 0 bridgehead atoms. The molecule has 0 saturated heterocycles. The second-order valence-electron chi connectivity index (χ2n) is 3.97. The van der Waals surface area contributed by atoms with Crippen molar-refractivity contribution in [2.75, 3.05) is 20.8 Å². The minimum Gasteiger partial charge on any atom is -0.497 e. The molecule has 0 aliphatic rings. The van der Waals surface area contributed by atoms with Crippen LogP contribution in [-0.2, 0) is 9.53 Å². The third-order valence-electron chi connectivity index (χ3n) is 2.35. The summed E-state index contributed by atoms with van der Waals surface area (Å²) in [7, 11) is 3.23. The summed E-state index contributed by atoms with van der Waals surface area (Å²) in [6, 6.07) is 7.49. The second kappa shape index (κ2) is 7.50. The van der Waals surface area contributed by atoms with E-state index in [9.17, 15) is 4.79 Å². The van der Waals surface area contributed by atoms with E-state index in [4.69, 9.17) is 9.47 Å². The Morgan fingerprint density at radius 1 is 1.33 bits per heavy atom. The van der Waals surface area contributed by atoms with Gasteiger partial charge in [0.25, 0.3) is 0 Å². The number of ether oxygens (including phenoxy) is 2. The normalized spacial score (nSPS) is 12.4. The van der Waals surface area contributed by atoms with Crippen LogP contribution in [0.4, 0.5) is 0 Å². The molecule has 1 atom stereocenters. The van der Waals surface area contributed by atoms with Gasteiger partial charge >= 0.3 is 0 Å². The Kier molecular flexibility index (Phi) is 5.94. The van der Waals surface area contributed by atoms with Gasteiger partial charge in [-0.2, -0.15) is 0 Å². The molecule has 0 aromatic heterocycles. The third-order valence-corrected chi connectivity index (χ3v) is 2.35. The van der Waals surface area contributed by atoms with E-state index in [1.165, 1.54) is 6.08 Å². The van der Waals surface area contributed by atoms with Crippen LogP contribution < -0.4 is 10.1 Å². The molecule has 0 radical (unpaired) electrons. The van der Waals surface area contributed by atoms with Crippen molar-refractivity contribution in [3.05, 3.63) is 35.9 Å². The standard InChI is InChI=1S/C14H19NO3/c1-11(10-17-2)15-14(16)9-6-12-4-7-13(18-3)8-5-12/h4-9,11H,10H2,1-3H3,(H,15,16)/b9-6+/t11-/m0/s1. The van der Waals surface area contributed by atoms with Gasteiger partial charge in [0.15, 0.2) is 0 Å². The Balaban J connectivity index is 2.49. The van der Waals surface area contributed by atoms with Crippen LogP contribution in [0.25, 0.3) is 6.08 Å². The van der Waals surface area contributed by atoms with Gasteiger partial charge < -0.3 is 14.8 Å². The minimum atomic E-state index is -0.129. The molecule has 18 heavy (non-hydrogen) atoms. The molecule has 98 valence electrons. The maximum atomic E-state index is 11.5. The number of rotatable bonds is 6. The summed E-state index contributed by atoms with van der Waals surface area (Å²) >= 11 is 0. The Bertz CT molecular complexity index is 398. The number of hydrogen-bond acceptors (Lipinski definition) is 3. The summed E-state index contributed by atoms with van der Waals surface area (Å²) in [6.07, 6.45) is 3.27. The summed E-state index contributed by atoms with van der Waals surface area (Å²) in [5.74, 6) is 0.667. The van der Waals surface area contributed by atoms with Crippen molar-refractivity contribution in [1.82, 2.24) is 5.32 Å². The first-order valence-electron chi connectivity index (χ1n) is 5.77. The Labute approximate surface area is 108 Å². The van der Waals surface area contributed by atoms with Crippen molar-refractivity contribution in [3.8, 4) is 5.75 Å². The molecule has 0 aliphatic heterocycles. The highest BCUT2D eigenvalue weighted by Crippen LogP contribution is 2.12. The van der Waals surface area contributed by atoms with Crippen LogP contribution >= 0.6 is 0 Å². The van der Waals surface area contributed by atoms with Gasteiger partial charge in [0.05, 0.1) is 13.7 Å². The smallest absolute Gasteiger partial charge is 0.244 e. The average Bonchev–Trinajstić information content (AvgIpc) is 2.37. The molecule has 4 heteroatoms. The quantitative estimate of drug-likeness (QED) is 0.783. The van der Waals surface area contributed by atoms with Crippen molar-refractivity contribution in [3.63, 3.8) is 0 Å². The molecular formula is C14H19NO3. The molecule has 1 aromatic rings. The number of benzene rings is 1. The fourth-order valence-corrected chi connectivity index (χ4v) is 1.47. The van der Waals surface area contributed by atoms with Crippen molar-refractivity contribution in [1.29, 1.82) is 0 Å². The summed E-state index contributed by atoms with van der Waals surface area (Å²) in [6.45, 7) is 2.39. The summed E-state index contributed by atoms with van der Waals surface area (Å²) in [4.78, 5) is 11.5. The summed E-state index contributed by atoms with van der Waals surface area (Å²) < 4.78 is 10.00. The predicted octanol–water partition coefficient (Wildman–Crippen LogP) is 1.86. The fourth-order valence-electron chi connectivity index (χ4n) is 1.47. The van der Waals surface area contributed by atoms with Gasteiger partial charge in [-0.1, -0.05) is 12.1 Å². The van der Waals surface area contributed by atoms with Crippen LogP contribution in [0.2, 0.25) is 0 Å². The molecule has 0 aliphatic carbocycles. The summed E-state index contributed by atoms with van der Waals surface area (Å²) in [5, 5.41) is 2.80. The average molecular weight is 249 g/mol. The van der Waals surface area contributed by atoms with E-state index in [1.54, 1.807) is 20.3 Å². The lowest BCUT2D eigenvalue weighted by atomic mass is 10.2. The zero-order valence-corrected chi connectivity index (χ0v) is 11.0. The Morgan fingerprint density at radius 3 is 2.56 bits per heavy atom. The molecule has 0 spiro atoms. The van der Waals surface area contributed by atoms with Gasteiger partial charge in [-0.05, 0) is 30.7 Å². The molecular weight excluding hydrogens is 230 g/mol. The van der Waals surface area contributed by atoms with Crippen LogP contribution in [0.15, 0.2) is 30.3 Å². The molecule has 1 amide bonds. The first kappa shape index (κ1) is 14.3. The second-order valence-corrected chi connectivity index (χ2v) is 3.97. The molecule has 0 heterocycles. The van der Waals surface area contributed by atoms with E-state index in [1.807, 2.05) is 31.2 Å². The SMILES string of the molecule is COC[C@H](C)NC(=O)/C=C/c1ccc(OC)cc1. The summed E-state index contributed by atoms with van der Waals surface area (Å²) in [5.41, 5.74) is 0.949. The fraction of sp³-hybridized carbons (Fsp3) is 0.357. The number of hydrogen-bond donors (Lipinski definition) is 1. The largest absolute Gasteiger partial charge is 0.497 e.